The van der Waals surface area contributed by atoms with E-state index in [-0.39, 0.29) is 11.8 Å². The molecule has 1 heterocycles. The van der Waals surface area contributed by atoms with E-state index >= 15 is 0 Å². The van der Waals surface area contributed by atoms with E-state index in [4.69, 9.17) is 0 Å². The van der Waals surface area contributed by atoms with Gasteiger partial charge < -0.3 is 10.2 Å². The van der Waals surface area contributed by atoms with E-state index in [1.54, 1.807) is 0 Å². The molecule has 148 valence electrons. The molecule has 1 atom stereocenters. The van der Waals surface area contributed by atoms with Crippen LogP contribution < -0.4 is 5.32 Å². The first-order chi connectivity index (χ1) is 13.6. The second kappa shape index (κ2) is 10.3. The van der Waals surface area contributed by atoms with Crippen LogP contribution >= 0.6 is 11.8 Å². The first kappa shape index (κ1) is 20.5. The Balaban J connectivity index is 1.63. The van der Waals surface area contributed by atoms with E-state index < -0.39 is 6.04 Å². The van der Waals surface area contributed by atoms with Crippen molar-refractivity contribution in [2.45, 2.75) is 37.1 Å². The molecule has 2 aromatic carbocycles. The summed E-state index contributed by atoms with van der Waals surface area (Å²) < 4.78 is 0. The molecule has 1 unspecified atom stereocenters. The summed E-state index contributed by atoms with van der Waals surface area (Å²) in [5.74, 6) is 0.899. The predicted molar refractivity (Wildman–Crippen MR) is 114 cm³/mol. The summed E-state index contributed by atoms with van der Waals surface area (Å²) in [5.41, 5.74) is 1.06. The minimum atomic E-state index is -0.514. The SMILES string of the molecule is CC1CCN(C(=O)C(Cc2ccccc2)NC(=O)CSc2ccccc2)CC1. The van der Waals surface area contributed by atoms with Gasteiger partial charge in [-0.2, -0.15) is 0 Å². The number of nitrogens with one attached hydrogen (secondary N) is 1. The number of rotatable bonds is 7. The Bertz CT molecular complexity index is 759. The number of carbonyl (C=O) groups is 2. The maximum atomic E-state index is 13.1. The van der Waals surface area contributed by atoms with Gasteiger partial charge in [-0.05, 0) is 36.5 Å². The summed E-state index contributed by atoms with van der Waals surface area (Å²) in [6, 6.07) is 19.2. The van der Waals surface area contributed by atoms with E-state index in [9.17, 15) is 9.59 Å². The largest absolute Gasteiger partial charge is 0.343 e. The summed E-state index contributed by atoms with van der Waals surface area (Å²) in [5, 5.41) is 2.99. The molecule has 1 aliphatic heterocycles. The average Bonchev–Trinajstić information content (AvgIpc) is 2.73. The molecule has 0 saturated carbocycles. The van der Waals surface area contributed by atoms with E-state index in [0.717, 1.165) is 36.4 Å². The lowest BCUT2D eigenvalue weighted by Gasteiger charge is -2.33. The first-order valence-electron chi connectivity index (χ1n) is 9.92. The lowest BCUT2D eigenvalue weighted by Crippen LogP contribution is -2.52. The summed E-state index contributed by atoms with van der Waals surface area (Å²) in [6.45, 7) is 3.78. The fourth-order valence-corrected chi connectivity index (χ4v) is 4.13. The zero-order valence-corrected chi connectivity index (χ0v) is 17.2. The van der Waals surface area contributed by atoms with Crippen molar-refractivity contribution in [3.8, 4) is 0 Å². The van der Waals surface area contributed by atoms with Crippen LogP contribution in [0.2, 0.25) is 0 Å². The minimum absolute atomic E-state index is 0.0359. The van der Waals surface area contributed by atoms with Crippen molar-refractivity contribution in [1.29, 1.82) is 0 Å². The molecule has 28 heavy (non-hydrogen) atoms. The molecule has 1 saturated heterocycles. The van der Waals surface area contributed by atoms with Gasteiger partial charge in [-0.25, -0.2) is 0 Å². The first-order valence-corrected chi connectivity index (χ1v) is 10.9. The molecule has 0 aliphatic carbocycles. The van der Waals surface area contributed by atoms with Crippen LogP contribution in [0.3, 0.4) is 0 Å². The summed E-state index contributed by atoms with van der Waals surface area (Å²) in [4.78, 5) is 28.6. The Kier molecular flexibility index (Phi) is 7.54. The summed E-state index contributed by atoms with van der Waals surface area (Å²) in [7, 11) is 0. The van der Waals surface area contributed by atoms with Gasteiger partial charge in [0.15, 0.2) is 0 Å². The third kappa shape index (κ3) is 6.13. The summed E-state index contributed by atoms with van der Waals surface area (Å²) >= 11 is 1.49. The quantitative estimate of drug-likeness (QED) is 0.725. The molecule has 5 heteroatoms. The molecule has 1 aliphatic rings. The molecule has 3 rings (SSSR count). The van der Waals surface area contributed by atoms with Gasteiger partial charge >= 0.3 is 0 Å². The van der Waals surface area contributed by atoms with Gasteiger partial charge in [-0.3, -0.25) is 9.59 Å². The van der Waals surface area contributed by atoms with Crippen LogP contribution in [0.1, 0.15) is 25.3 Å². The van der Waals surface area contributed by atoms with Gasteiger partial charge in [-0.15, -0.1) is 11.8 Å². The zero-order chi connectivity index (χ0) is 19.8. The number of carbonyl (C=O) groups excluding carboxylic acids is 2. The number of likely N-dealkylation sites (tertiary alicyclic amines) is 1. The van der Waals surface area contributed by atoms with E-state index in [1.807, 2.05) is 65.6 Å². The molecule has 1 fully saturated rings. The van der Waals surface area contributed by atoms with Crippen LogP contribution in [-0.2, 0) is 16.0 Å². The van der Waals surface area contributed by atoms with Crippen molar-refractivity contribution >= 4 is 23.6 Å². The summed E-state index contributed by atoms with van der Waals surface area (Å²) in [6.07, 6.45) is 2.58. The molecule has 0 bridgehead atoms. The molecule has 0 aromatic heterocycles. The van der Waals surface area contributed by atoms with Gasteiger partial charge in [-0.1, -0.05) is 55.5 Å². The Morgan fingerprint density at radius 3 is 2.29 bits per heavy atom. The highest BCUT2D eigenvalue weighted by atomic mass is 32.2. The normalized spacial score (nSPS) is 15.8. The molecule has 2 amide bonds. The van der Waals surface area contributed by atoms with Crippen molar-refractivity contribution < 1.29 is 9.59 Å². The van der Waals surface area contributed by atoms with Crippen LogP contribution in [0.15, 0.2) is 65.6 Å². The molecule has 2 aromatic rings. The number of benzene rings is 2. The molecule has 1 N–H and O–H groups in total. The van der Waals surface area contributed by atoms with Crippen molar-refractivity contribution in [3.05, 3.63) is 66.2 Å². The maximum Gasteiger partial charge on any atom is 0.245 e. The maximum absolute atomic E-state index is 13.1. The second-order valence-electron chi connectivity index (χ2n) is 7.42. The Morgan fingerprint density at radius 1 is 1.04 bits per heavy atom. The highest BCUT2D eigenvalue weighted by Crippen LogP contribution is 2.19. The standard InChI is InChI=1S/C23H28N2O2S/c1-18-12-14-25(15-13-18)23(27)21(16-19-8-4-2-5-9-19)24-22(26)17-28-20-10-6-3-7-11-20/h2-11,18,21H,12-17H2,1H3,(H,24,26). The number of amides is 2. The van der Waals surface area contributed by atoms with Crippen LogP contribution in [0.4, 0.5) is 0 Å². The highest BCUT2D eigenvalue weighted by Gasteiger charge is 2.28. The van der Waals surface area contributed by atoms with Crippen molar-refractivity contribution in [2.75, 3.05) is 18.8 Å². The monoisotopic (exact) mass is 396 g/mol. The number of piperidine rings is 1. The number of nitrogens with zero attached hydrogens (tertiary/aromatic N) is 1. The van der Waals surface area contributed by atoms with Gasteiger partial charge in [0.2, 0.25) is 11.8 Å². The molecule has 4 nitrogen and oxygen atoms in total. The van der Waals surface area contributed by atoms with Gasteiger partial charge in [0.1, 0.15) is 6.04 Å². The van der Waals surface area contributed by atoms with Crippen LogP contribution in [-0.4, -0.2) is 41.6 Å². The molecule has 0 spiro atoms. The van der Waals surface area contributed by atoms with Crippen LogP contribution in [0.5, 0.6) is 0 Å². The molecule has 0 radical (unpaired) electrons. The van der Waals surface area contributed by atoms with Gasteiger partial charge in [0.25, 0.3) is 0 Å². The zero-order valence-electron chi connectivity index (χ0n) is 16.3. The van der Waals surface area contributed by atoms with Crippen molar-refractivity contribution in [3.63, 3.8) is 0 Å². The average molecular weight is 397 g/mol. The lowest BCUT2D eigenvalue weighted by molar-refractivity contribution is -0.137. The van der Waals surface area contributed by atoms with E-state index in [1.165, 1.54) is 11.8 Å². The van der Waals surface area contributed by atoms with E-state index in [0.29, 0.717) is 18.1 Å². The third-order valence-electron chi connectivity index (χ3n) is 5.12. The van der Waals surface area contributed by atoms with Crippen LogP contribution in [0.25, 0.3) is 0 Å². The Hall–Kier alpha value is -2.27. The number of hydrogen-bond acceptors (Lipinski definition) is 3. The Morgan fingerprint density at radius 2 is 1.64 bits per heavy atom. The molecular formula is C23H28N2O2S. The number of thioether (sulfide) groups is 1. The highest BCUT2D eigenvalue weighted by molar-refractivity contribution is 8.00. The lowest BCUT2D eigenvalue weighted by atomic mass is 9.97. The fraction of sp³-hybridized carbons (Fsp3) is 0.391. The Labute approximate surface area is 171 Å². The molecular weight excluding hydrogens is 368 g/mol. The topological polar surface area (TPSA) is 49.4 Å². The predicted octanol–water partition coefficient (Wildman–Crippen LogP) is 3.76. The smallest absolute Gasteiger partial charge is 0.245 e. The van der Waals surface area contributed by atoms with Gasteiger partial charge in [0.05, 0.1) is 5.75 Å². The fourth-order valence-electron chi connectivity index (χ4n) is 3.40. The van der Waals surface area contributed by atoms with Crippen LogP contribution in [0, 0.1) is 5.92 Å². The van der Waals surface area contributed by atoms with Gasteiger partial charge in [0, 0.05) is 24.4 Å². The number of hydrogen-bond donors (Lipinski definition) is 1. The minimum Gasteiger partial charge on any atom is -0.343 e. The second-order valence-corrected chi connectivity index (χ2v) is 8.47. The van der Waals surface area contributed by atoms with E-state index in [2.05, 4.69) is 12.2 Å². The third-order valence-corrected chi connectivity index (χ3v) is 6.14. The van der Waals surface area contributed by atoms with Crippen molar-refractivity contribution in [2.24, 2.45) is 5.92 Å². The van der Waals surface area contributed by atoms with Crippen molar-refractivity contribution in [1.82, 2.24) is 10.2 Å².